The van der Waals surface area contributed by atoms with Gasteiger partial charge in [-0.2, -0.15) is 0 Å². The van der Waals surface area contributed by atoms with E-state index in [2.05, 4.69) is 10.6 Å². The van der Waals surface area contributed by atoms with E-state index >= 15 is 0 Å². The molecule has 32 heavy (non-hydrogen) atoms. The third-order valence-electron chi connectivity index (χ3n) is 5.45. The van der Waals surface area contributed by atoms with Gasteiger partial charge in [0.25, 0.3) is 5.91 Å². The molecular formula is C24H28N2O6. The minimum atomic E-state index is -1.07. The second kappa shape index (κ2) is 10.8. The molecule has 0 aromatic heterocycles. The fourth-order valence-electron chi connectivity index (χ4n) is 3.54. The van der Waals surface area contributed by atoms with Crippen LogP contribution in [0.3, 0.4) is 0 Å². The molecule has 2 N–H and O–H groups in total. The molecule has 2 amide bonds. The first-order valence-corrected chi connectivity index (χ1v) is 10.5. The SMILES string of the molecule is COC(=O)c1ccc([C@H](C)NC(=O)C2(NC(=O)COc3ccccc3)CCOCC2)cc1. The maximum atomic E-state index is 13.2. The van der Waals surface area contributed by atoms with Crippen molar-refractivity contribution in [3.8, 4) is 5.75 Å². The van der Waals surface area contributed by atoms with Crippen molar-refractivity contribution in [3.63, 3.8) is 0 Å². The maximum absolute atomic E-state index is 13.2. The number of hydrogen-bond acceptors (Lipinski definition) is 6. The number of esters is 1. The third-order valence-corrected chi connectivity index (χ3v) is 5.45. The maximum Gasteiger partial charge on any atom is 0.337 e. The van der Waals surface area contributed by atoms with Gasteiger partial charge in [-0.05, 0) is 36.8 Å². The van der Waals surface area contributed by atoms with Crippen LogP contribution >= 0.6 is 0 Å². The van der Waals surface area contributed by atoms with E-state index in [9.17, 15) is 14.4 Å². The Morgan fingerprint density at radius 3 is 2.31 bits per heavy atom. The highest BCUT2D eigenvalue weighted by atomic mass is 16.5. The molecule has 2 aromatic rings. The van der Waals surface area contributed by atoms with Crippen molar-refractivity contribution >= 4 is 17.8 Å². The molecular weight excluding hydrogens is 412 g/mol. The van der Waals surface area contributed by atoms with E-state index in [4.69, 9.17) is 14.2 Å². The predicted octanol–water partition coefficient (Wildman–Crippen LogP) is 2.39. The predicted molar refractivity (Wildman–Crippen MR) is 117 cm³/mol. The summed E-state index contributed by atoms with van der Waals surface area (Å²) in [4.78, 5) is 37.4. The quantitative estimate of drug-likeness (QED) is 0.611. The number of para-hydroxylation sites is 1. The average Bonchev–Trinajstić information content (AvgIpc) is 2.83. The van der Waals surface area contributed by atoms with Crippen LogP contribution in [0.25, 0.3) is 0 Å². The first-order chi connectivity index (χ1) is 15.4. The number of ether oxygens (including phenoxy) is 3. The third kappa shape index (κ3) is 5.85. The molecule has 3 rings (SSSR count). The Morgan fingerprint density at radius 2 is 1.69 bits per heavy atom. The number of nitrogens with one attached hydrogen (secondary N) is 2. The van der Waals surface area contributed by atoms with Crippen molar-refractivity contribution in [2.24, 2.45) is 0 Å². The Hall–Kier alpha value is -3.39. The fourth-order valence-corrected chi connectivity index (χ4v) is 3.54. The molecule has 1 heterocycles. The summed E-state index contributed by atoms with van der Waals surface area (Å²) in [5, 5.41) is 5.86. The number of carbonyl (C=O) groups is 3. The van der Waals surface area contributed by atoms with Crippen LogP contribution in [-0.4, -0.2) is 50.3 Å². The van der Waals surface area contributed by atoms with Gasteiger partial charge in [0.1, 0.15) is 11.3 Å². The summed E-state index contributed by atoms with van der Waals surface area (Å²) >= 11 is 0. The lowest BCUT2D eigenvalue weighted by Crippen LogP contribution is -2.62. The van der Waals surface area contributed by atoms with Crippen molar-refractivity contribution in [3.05, 3.63) is 65.7 Å². The molecule has 170 valence electrons. The molecule has 0 aliphatic carbocycles. The largest absolute Gasteiger partial charge is 0.484 e. The summed E-state index contributed by atoms with van der Waals surface area (Å²) in [6, 6.07) is 15.5. The van der Waals surface area contributed by atoms with Gasteiger partial charge in [0.15, 0.2) is 6.61 Å². The van der Waals surface area contributed by atoms with Gasteiger partial charge in [0.2, 0.25) is 5.91 Å². The Kier molecular flexibility index (Phi) is 7.83. The zero-order valence-electron chi connectivity index (χ0n) is 18.3. The van der Waals surface area contributed by atoms with Gasteiger partial charge >= 0.3 is 5.97 Å². The summed E-state index contributed by atoms with van der Waals surface area (Å²) in [6.07, 6.45) is 0.730. The smallest absolute Gasteiger partial charge is 0.337 e. The zero-order valence-corrected chi connectivity index (χ0v) is 18.3. The lowest BCUT2D eigenvalue weighted by Gasteiger charge is -2.37. The summed E-state index contributed by atoms with van der Waals surface area (Å²) < 4.78 is 15.6. The minimum absolute atomic E-state index is 0.190. The highest BCUT2D eigenvalue weighted by molar-refractivity contribution is 5.92. The van der Waals surface area contributed by atoms with E-state index < -0.39 is 11.5 Å². The average molecular weight is 440 g/mol. The summed E-state index contributed by atoms with van der Waals surface area (Å²) in [5.74, 6) is -0.494. The van der Waals surface area contributed by atoms with Gasteiger partial charge in [-0.1, -0.05) is 30.3 Å². The van der Waals surface area contributed by atoms with Crippen LogP contribution in [0.1, 0.15) is 41.7 Å². The second-order valence-corrected chi connectivity index (χ2v) is 7.65. The molecule has 0 bridgehead atoms. The van der Waals surface area contributed by atoms with Gasteiger partial charge in [-0.15, -0.1) is 0 Å². The monoisotopic (exact) mass is 440 g/mol. The Morgan fingerprint density at radius 1 is 1.03 bits per heavy atom. The molecule has 8 heteroatoms. The van der Waals surface area contributed by atoms with Crippen LogP contribution < -0.4 is 15.4 Å². The Balaban J connectivity index is 1.64. The highest BCUT2D eigenvalue weighted by Gasteiger charge is 2.42. The summed E-state index contributed by atoms with van der Waals surface area (Å²) in [6.45, 7) is 2.40. The second-order valence-electron chi connectivity index (χ2n) is 7.65. The molecule has 0 radical (unpaired) electrons. The standard InChI is InChI=1S/C24H28N2O6/c1-17(18-8-10-19(11-9-18)22(28)30-2)25-23(29)24(12-14-31-15-13-24)26-21(27)16-32-20-6-4-3-5-7-20/h3-11,17H,12-16H2,1-2H3,(H,25,29)(H,26,27)/t17-/m0/s1. The molecule has 1 fully saturated rings. The van der Waals surface area contributed by atoms with E-state index in [1.807, 2.05) is 25.1 Å². The highest BCUT2D eigenvalue weighted by Crippen LogP contribution is 2.23. The Bertz CT molecular complexity index is 923. The number of rotatable bonds is 8. The number of hydrogen-bond donors (Lipinski definition) is 2. The van der Waals surface area contributed by atoms with Crippen LogP contribution in [-0.2, 0) is 19.1 Å². The van der Waals surface area contributed by atoms with E-state index in [0.717, 1.165) is 5.56 Å². The van der Waals surface area contributed by atoms with E-state index in [0.29, 0.717) is 37.4 Å². The normalized spacial score (nSPS) is 15.8. The molecule has 1 aliphatic heterocycles. The molecule has 0 saturated carbocycles. The molecule has 8 nitrogen and oxygen atoms in total. The van der Waals surface area contributed by atoms with Crippen molar-refractivity contribution in [2.45, 2.75) is 31.3 Å². The van der Waals surface area contributed by atoms with E-state index in [1.165, 1.54) is 7.11 Å². The van der Waals surface area contributed by atoms with Crippen LogP contribution in [0.2, 0.25) is 0 Å². The first kappa shape index (κ1) is 23.3. The number of carbonyl (C=O) groups excluding carboxylic acids is 3. The van der Waals surface area contributed by atoms with Crippen molar-refractivity contribution in [1.29, 1.82) is 0 Å². The molecule has 1 aliphatic rings. The van der Waals surface area contributed by atoms with Crippen molar-refractivity contribution < 1.29 is 28.6 Å². The first-order valence-electron chi connectivity index (χ1n) is 10.5. The summed E-state index contributed by atoms with van der Waals surface area (Å²) in [5.41, 5.74) is 0.184. The number of benzene rings is 2. The minimum Gasteiger partial charge on any atom is -0.484 e. The molecule has 1 saturated heterocycles. The van der Waals surface area contributed by atoms with Crippen molar-refractivity contribution in [2.75, 3.05) is 26.9 Å². The topological polar surface area (TPSA) is 103 Å². The van der Waals surface area contributed by atoms with Crippen LogP contribution in [0.5, 0.6) is 5.75 Å². The number of amides is 2. The number of methoxy groups -OCH3 is 1. The van der Waals surface area contributed by atoms with Gasteiger partial charge < -0.3 is 24.8 Å². The molecule has 2 aromatic carbocycles. The molecule has 0 spiro atoms. The van der Waals surface area contributed by atoms with Gasteiger partial charge in [0, 0.05) is 26.1 Å². The lowest BCUT2D eigenvalue weighted by molar-refractivity contribution is -0.138. The van der Waals surface area contributed by atoms with Crippen LogP contribution in [0.4, 0.5) is 0 Å². The van der Waals surface area contributed by atoms with E-state index in [-0.39, 0.29) is 24.5 Å². The van der Waals surface area contributed by atoms with E-state index in [1.54, 1.807) is 36.4 Å². The van der Waals surface area contributed by atoms with Gasteiger partial charge in [0.05, 0.1) is 18.7 Å². The molecule has 1 atom stereocenters. The fraction of sp³-hybridized carbons (Fsp3) is 0.375. The van der Waals surface area contributed by atoms with Crippen LogP contribution in [0, 0.1) is 0 Å². The molecule has 0 unspecified atom stereocenters. The Labute approximate surface area is 187 Å². The lowest BCUT2D eigenvalue weighted by atomic mass is 9.88. The van der Waals surface area contributed by atoms with Crippen LogP contribution in [0.15, 0.2) is 54.6 Å². The van der Waals surface area contributed by atoms with Crippen molar-refractivity contribution in [1.82, 2.24) is 10.6 Å². The van der Waals surface area contributed by atoms with Gasteiger partial charge in [-0.3, -0.25) is 9.59 Å². The zero-order chi connectivity index (χ0) is 23.0. The summed E-state index contributed by atoms with van der Waals surface area (Å²) in [7, 11) is 1.33. The van der Waals surface area contributed by atoms with Gasteiger partial charge in [-0.25, -0.2) is 4.79 Å².